The van der Waals surface area contributed by atoms with E-state index >= 15 is 0 Å². The van der Waals surface area contributed by atoms with E-state index in [1.54, 1.807) is 21.1 Å². The van der Waals surface area contributed by atoms with Crippen molar-refractivity contribution in [3.05, 3.63) is 46.5 Å². The van der Waals surface area contributed by atoms with Gasteiger partial charge in [0.2, 0.25) is 5.91 Å². The van der Waals surface area contributed by atoms with E-state index in [2.05, 4.69) is 14.9 Å². The molecule has 1 aromatic heterocycles. The van der Waals surface area contributed by atoms with Gasteiger partial charge in [0.05, 0.1) is 32.0 Å². The number of carbonyl (C=O) groups excluding carboxylic acids is 2. The number of hydrogen-bond donors (Lipinski definition) is 1. The summed E-state index contributed by atoms with van der Waals surface area (Å²) in [6, 6.07) is 4.04. The van der Waals surface area contributed by atoms with Crippen LogP contribution < -0.4 is 15.2 Å². The first-order valence-corrected chi connectivity index (χ1v) is 10.8. The summed E-state index contributed by atoms with van der Waals surface area (Å²) in [6.07, 6.45) is 3.16. The molecule has 170 valence electrons. The van der Waals surface area contributed by atoms with Gasteiger partial charge in [0, 0.05) is 38.3 Å². The van der Waals surface area contributed by atoms with Gasteiger partial charge in [0.25, 0.3) is 5.91 Å². The lowest BCUT2D eigenvalue weighted by Gasteiger charge is -2.30. The van der Waals surface area contributed by atoms with E-state index in [0.29, 0.717) is 49.0 Å². The van der Waals surface area contributed by atoms with Gasteiger partial charge in [-0.1, -0.05) is 0 Å². The van der Waals surface area contributed by atoms with Gasteiger partial charge < -0.3 is 20.1 Å². The summed E-state index contributed by atoms with van der Waals surface area (Å²) < 4.78 is 10.8. The zero-order valence-electron chi connectivity index (χ0n) is 18.8. The minimum absolute atomic E-state index is 0.0679. The molecule has 0 aliphatic carbocycles. The standard InChI is InChI=1S/C23H29N5O4/c1-14-18(22(24)30)10-25-23(26-14)16-5-7-28(12-16)21(29)13-27-6-4-15-8-19(31-2)20(32-3)9-17(15)11-27/h8-10,16H,4-7,11-13H2,1-3H3,(H2,24,30)/t16-/m1/s1. The van der Waals surface area contributed by atoms with Gasteiger partial charge in [-0.15, -0.1) is 0 Å². The molecular weight excluding hydrogens is 410 g/mol. The van der Waals surface area contributed by atoms with Gasteiger partial charge in [-0.05, 0) is 43.0 Å². The second kappa shape index (κ2) is 9.12. The molecule has 1 saturated heterocycles. The summed E-state index contributed by atoms with van der Waals surface area (Å²) in [4.78, 5) is 37.2. The van der Waals surface area contributed by atoms with E-state index in [1.807, 2.05) is 17.0 Å². The van der Waals surface area contributed by atoms with Crippen molar-refractivity contribution in [2.45, 2.75) is 32.2 Å². The Bertz CT molecular complexity index is 1040. The largest absolute Gasteiger partial charge is 0.493 e. The number of fused-ring (bicyclic) bond motifs is 1. The van der Waals surface area contributed by atoms with Crippen LogP contribution in [0.1, 0.15) is 45.3 Å². The zero-order valence-corrected chi connectivity index (χ0v) is 18.8. The monoisotopic (exact) mass is 439 g/mol. The Morgan fingerprint density at radius 1 is 1.16 bits per heavy atom. The molecule has 1 fully saturated rings. The highest BCUT2D eigenvalue weighted by atomic mass is 16.5. The Labute approximate surface area is 187 Å². The van der Waals surface area contributed by atoms with Crippen LogP contribution in [0, 0.1) is 6.92 Å². The van der Waals surface area contributed by atoms with Crippen LogP contribution in [0.2, 0.25) is 0 Å². The van der Waals surface area contributed by atoms with E-state index < -0.39 is 5.91 Å². The number of hydrogen-bond acceptors (Lipinski definition) is 7. The minimum Gasteiger partial charge on any atom is -0.493 e. The van der Waals surface area contributed by atoms with E-state index in [1.165, 1.54) is 17.3 Å². The Morgan fingerprint density at radius 2 is 1.88 bits per heavy atom. The molecule has 2 N–H and O–H groups in total. The average molecular weight is 440 g/mol. The first-order chi connectivity index (χ1) is 15.4. The number of likely N-dealkylation sites (tertiary alicyclic amines) is 1. The normalized spacial score (nSPS) is 18.3. The van der Waals surface area contributed by atoms with E-state index in [9.17, 15) is 9.59 Å². The molecule has 0 bridgehead atoms. The predicted molar refractivity (Wildman–Crippen MR) is 118 cm³/mol. The summed E-state index contributed by atoms with van der Waals surface area (Å²) in [5.41, 5.74) is 8.65. The number of benzene rings is 1. The van der Waals surface area contributed by atoms with Crippen molar-refractivity contribution in [1.82, 2.24) is 19.8 Å². The van der Waals surface area contributed by atoms with Gasteiger partial charge in [-0.3, -0.25) is 14.5 Å². The number of methoxy groups -OCH3 is 2. The van der Waals surface area contributed by atoms with Gasteiger partial charge >= 0.3 is 0 Å². The van der Waals surface area contributed by atoms with E-state index in [-0.39, 0.29) is 11.8 Å². The third-order valence-electron chi connectivity index (χ3n) is 6.33. The molecule has 2 aliphatic heterocycles. The minimum atomic E-state index is -0.531. The lowest BCUT2D eigenvalue weighted by molar-refractivity contribution is -0.131. The molecular formula is C23H29N5O4. The van der Waals surface area contributed by atoms with Gasteiger partial charge in [0.1, 0.15) is 5.82 Å². The number of aromatic nitrogens is 2. The number of nitrogens with two attached hydrogens (primary N) is 1. The number of carbonyl (C=O) groups is 2. The quantitative estimate of drug-likeness (QED) is 0.722. The van der Waals surface area contributed by atoms with Crippen LogP contribution >= 0.6 is 0 Å². The maximum Gasteiger partial charge on any atom is 0.252 e. The molecule has 1 atom stereocenters. The molecule has 2 aliphatic rings. The first kappa shape index (κ1) is 22.0. The molecule has 32 heavy (non-hydrogen) atoms. The van der Waals surface area contributed by atoms with Crippen molar-refractivity contribution < 1.29 is 19.1 Å². The third kappa shape index (κ3) is 4.38. The molecule has 2 aromatic rings. The predicted octanol–water partition coefficient (Wildman–Crippen LogP) is 1.28. The third-order valence-corrected chi connectivity index (χ3v) is 6.33. The number of nitrogens with zero attached hydrogens (tertiary/aromatic N) is 4. The van der Waals surface area contributed by atoms with Crippen LogP contribution in [0.15, 0.2) is 18.3 Å². The molecule has 1 aromatic carbocycles. The molecule has 0 unspecified atom stereocenters. The number of rotatable bonds is 6. The number of aryl methyl sites for hydroxylation is 1. The van der Waals surface area contributed by atoms with Gasteiger partial charge in [-0.25, -0.2) is 9.97 Å². The van der Waals surface area contributed by atoms with Crippen LogP contribution in [0.3, 0.4) is 0 Å². The summed E-state index contributed by atoms with van der Waals surface area (Å²) in [5, 5.41) is 0. The molecule has 9 nitrogen and oxygen atoms in total. The number of primary amides is 1. The first-order valence-electron chi connectivity index (χ1n) is 10.8. The van der Waals surface area contributed by atoms with Crippen molar-refractivity contribution in [2.75, 3.05) is 40.4 Å². The number of ether oxygens (including phenoxy) is 2. The van der Waals surface area contributed by atoms with Crippen LogP contribution in [0.25, 0.3) is 0 Å². The van der Waals surface area contributed by atoms with Crippen LogP contribution in [-0.4, -0.2) is 72.0 Å². The number of amides is 2. The topological polar surface area (TPSA) is 111 Å². The maximum atomic E-state index is 13.0. The molecule has 3 heterocycles. The van der Waals surface area contributed by atoms with Crippen molar-refractivity contribution in [1.29, 1.82) is 0 Å². The average Bonchev–Trinajstić information content (AvgIpc) is 3.28. The fraction of sp³-hybridized carbons (Fsp3) is 0.478. The van der Waals surface area contributed by atoms with E-state index in [0.717, 1.165) is 25.1 Å². The molecule has 0 radical (unpaired) electrons. The van der Waals surface area contributed by atoms with Crippen molar-refractivity contribution in [2.24, 2.45) is 5.73 Å². The second-order valence-electron chi connectivity index (χ2n) is 8.35. The SMILES string of the molecule is COc1cc2c(cc1OC)CN(CC(=O)N1CC[C@@H](c3ncc(C(N)=O)c(C)n3)C1)CC2. The Kier molecular flexibility index (Phi) is 6.27. The molecule has 2 amide bonds. The van der Waals surface area contributed by atoms with Gasteiger partial charge in [-0.2, -0.15) is 0 Å². The summed E-state index contributed by atoms with van der Waals surface area (Å²) >= 11 is 0. The lowest BCUT2D eigenvalue weighted by Crippen LogP contribution is -2.41. The highest BCUT2D eigenvalue weighted by Crippen LogP contribution is 2.33. The Morgan fingerprint density at radius 3 is 2.53 bits per heavy atom. The summed E-state index contributed by atoms with van der Waals surface area (Å²) in [5.74, 6) is 1.76. The van der Waals surface area contributed by atoms with Crippen LogP contribution in [0.4, 0.5) is 0 Å². The highest BCUT2D eigenvalue weighted by Gasteiger charge is 2.31. The van der Waals surface area contributed by atoms with Gasteiger partial charge in [0.15, 0.2) is 11.5 Å². The Hall–Kier alpha value is -3.20. The molecule has 0 saturated carbocycles. The Balaban J connectivity index is 1.37. The zero-order chi connectivity index (χ0) is 22.8. The summed E-state index contributed by atoms with van der Waals surface area (Å²) in [7, 11) is 3.27. The highest BCUT2D eigenvalue weighted by molar-refractivity contribution is 5.93. The smallest absolute Gasteiger partial charge is 0.252 e. The van der Waals surface area contributed by atoms with Crippen LogP contribution in [-0.2, 0) is 17.8 Å². The van der Waals surface area contributed by atoms with Crippen molar-refractivity contribution in [3.8, 4) is 11.5 Å². The van der Waals surface area contributed by atoms with Crippen molar-refractivity contribution >= 4 is 11.8 Å². The summed E-state index contributed by atoms with van der Waals surface area (Å²) in [6.45, 7) is 4.92. The van der Waals surface area contributed by atoms with Crippen LogP contribution in [0.5, 0.6) is 11.5 Å². The molecule has 4 rings (SSSR count). The van der Waals surface area contributed by atoms with E-state index in [4.69, 9.17) is 15.2 Å². The molecule has 9 heteroatoms. The fourth-order valence-corrected chi connectivity index (χ4v) is 4.49. The maximum absolute atomic E-state index is 13.0. The van der Waals surface area contributed by atoms with Crippen molar-refractivity contribution in [3.63, 3.8) is 0 Å². The molecule has 0 spiro atoms. The lowest BCUT2D eigenvalue weighted by atomic mass is 9.99. The second-order valence-corrected chi connectivity index (χ2v) is 8.35. The fourth-order valence-electron chi connectivity index (χ4n) is 4.49.